The molecule has 0 amide bonds. The number of carbonyl (C=O) groups excluding carboxylic acids is 3. The molecule has 0 heterocycles. The highest BCUT2D eigenvalue weighted by Gasteiger charge is 2.19. The van der Waals surface area contributed by atoms with Crippen molar-refractivity contribution in [1.29, 1.82) is 0 Å². The molecule has 1 unspecified atom stereocenters. The lowest BCUT2D eigenvalue weighted by Crippen LogP contribution is -2.30. The van der Waals surface area contributed by atoms with Gasteiger partial charge in [0.25, 0.3) is 0 Å². The molecule has 0 bridgehead atoms. The van der Waals surface area contributed by atoms with Crippen LogP contribution in [0.5, 0.6) is 0 Å². The average Bonchev–Trinajstić information content (AvgIpc) is 3.35. The number of esters is 3. The zero-order valence-electron chi connectivity index (χ0n) is 46.1. The zero-order valence-corrected chi connectivity index (χ0v) is 46.1. The van der Waals surface area contributed by atoms with E-state index in [-0.39, 0.29) is 31.1 Å². The fourth-order valence-corrected chi connectivity index (χ4v) is 8.70. The van der Waals surface area contributed by atoms with Gasteiger partial charge >= 0.3 is 17.9 Å². The second kappa shape index (κ2) is 57.9. The molecule has 6 heteroatoms. The topological polar surface area (TPSA) is 78.9 Å². The average molecular weight is 968 g/mol. The molecule has 0 fully saturated rings. The third-order valence-electron chi connectivity index (χ3n) is 13.3. The number of rotatable bonds is 55. The van der Waals surface area contributed by atoms with E-state index in [1.807, 2.05) is 0 Å². The molecule has 0 aromatic heterocycles. The van der Waals surface area contributed by atoms with Gasteiger partial charge in [0.2, 0.25) is 0 Å². The predicted molar refractivity (Wildman–Crippen MR) is 298 cm³/mol. The summed E-state index contributed by atoms with van der Waals surface area (Å²) in [5.41, 5.74) is 0. The van der Waals surface area contributed by atoms with Crippen molar-refractivity contribution in [2.24, 2.45) is 0 Å². The van der Waals surface area contributed by atoms with Crippen LogP contribution in [0.3, 0.4) is 0 Å². The van der Waals surface area contributed by atoms with Gasteiger partial charge in [0.1, 0.15) is 13.2 Å². The highest BCUT2D eigenvalue weighted by molar-refractivity contribution is 5.71. The van der Waals surface area contributed by atoms with Gasteiger partial charge in [-0.2, -0.15) is 0 Å². The second-order valence-electron chi connectivity index (χ2n) is 20.2. The second-order valence-corrected chi connectivity index (χ2v) is 20.2. The SMILES string of the molecule is CCCCC/C=C\C/C=C\CCCCCCCC(=O)OC(COC(=O)CCCCCCC/C=C\CCCCCC)COC(=O)CCCCCCCCCCCCC/C=C\CCCCCCCCCC. The van der Waals surface area contributed by atoms with Gasteiger partial charge in [-0.3, -0.25) is 14.4 Å². The number of carbonyl (C=O) groups is 3. The van der Waals surface area contributed by atoms with Gasteiger partial charge in [-0.1, -0.05) is 243 Å². The number of allylic oxidation sites excluding steroid dienone is 8. The monoisotopic (exact) mass is 967 g/mol. The smallest absolute Gasteiger partial charge is 0.306 e. The number of hydrogen-bond acceptors (Lipinski definition) is 6. The minimum absolute atomic E-state index is 0.0801. The first-order chi connectivity index (χ1) is 34.0. The predicted octanol–water partition coefficient (Wildman–Crippen LogP) is 20.2. The summed E-state index contributed by atoms with van der Waals surface area (Å²) in [4.78, 5) is 38.2. The van der Waals surface area contributed by atoms with E-state index in [1.54, 1.807) is 0 Å². The molecule has 0 aliphatic carbocycles. The first-order valence-electron chi connectivity index (χ1n) is 30.1. The van der Waals surface area contributed by atoms with Crippen LogP contribution in [-0.4, -0.2) is 37.2 Å². The van der Waals surface area contributed by atoms with E-state index < -0.39 is 6.10 Å². The van der Waals surface area contributed by atoms with Gasteiger partial charge in [0, 0.05) is 19.3 Å². The molecule has 6 nitrogen and oxygen atoms in total. The van der Waals surface area contributed by atoms with Crippen LogP contribution in [0.25, 0.3) is 0 Å². The molecule has 0 aromatic carbocycles. The minimum atomic E-state index is -0.783. The van der Waals surface area contributed by atoms with Gasteiger partial charge in [-0.25, -0.2) is 0 Å². The van der Waals surface area contributed by atoms with Crippen LogP contribution in [0.1, 0.15) is 316 Å². The molecule has 0 radical (unpaired) electrons. The van der Waals surface area contributed by atoms with E-state index in [1.165, 1.54) is 186 Å². The van der Waals surface area contributed by atoms with Gasteiger partial charge in [-0.05, 0) is 103 Å². The van der Waals surface area contributed by atoms with Crippen LogP contribution in [0, 0.1) is 0 Å². The van der Waals surface area contributed by atoms with E-state index in [4.69, 9.17) is 14.2 Å². The van der Waals surface area contributed by atoms with Crippen molar-refractivity contribution in [2.75, 3.05) is 13.2 Å². The standard InChI is InChI=1S/C63H114O6/c1-4-7-10-13-16-19-22-25-27-28-29-30-31-32-33-34-36-38-41-44-47-50-53-56-62(65)68-59-60(58-67-61(64)55-52-49-46-43-40-37-24-21-18-15-12-9-6-3)69-63(66)57-54-51-48-45-42-39-35-26-23-20-17-14-11-8-5-2/h17,20-21,24,26,28-29,35,60H,4-16,18-19,22-23,25,27,30-34,36-59H2,1-3H3/b20-17-,24-21-,29-28-,35-26-. The molecule has 0 N–H and O–H groups in total. The summed E-state index contributed by atoms with van der Waals surface area (Å²) in [6, 6.07) is 0. The first-order valence-corrected chi connectivity index (χ1v) is 30.1. The third kappa shape index (κ3) is 56.2. The quantitative estimate of drug-likeness (QED) is 0.0262. The summed E-state index contributed by atoms with van der Waals surface area (Å²) in [5, 5.41) is 0. The highest BCUT2D eigenvalue weighted by atomic mass is 16.6. The van der Waals surface area contributed by atoms with Crippen LogP contribution >= 0.6 is 0 Å². The largest absolute Gasteiger partial charge is 0.462 e. The minimum Gasteiger partial charge on any atom is -0.462 e. The maximum Gasteiger partial charge on any atom is 0.306 e. The molecule has 0 rings (SSSR count). The maximum atomic E-state index is 12.8. The van der Waals surface area contributed by atoms with Crippen molar-refractivity contribution < 1.29 is 28.6 Å². The lowest BCUT2D eigenvalue weighted by Gasteiger charge is -2.18. The Bertz CT molecular complexity index is 1200. The maximum absolute atomic E-state index is 12.8. The van der Waals surface area contributed by atoms with Crippen LogP contribution in [0.4, 0.5) is 0 Å². The van der Waals surface area contributed by atoms with Crippen molar-refractivity contribution >= 4 is 17.9 Å². The number of ether oxygens (including phenoxy) is 3. The molecule has 0 aromatic rings. The van der Waals surface area contributed by atoms with Crippen LogP contribution in [-0.2, 0) is 28.6 Å². The summed E-state index contributed by atoms with van der Waals surface area (Å²) in [5.74, 6) is -0.890. The van der Waals surface area contributed by atoms with Gasteiger partial charge in [0.15, 0.2) is 6.10 Å². The molecule has 0 aliphatic rings. The molecule has 0 aliphatic heterocycles. The Balaban J connectivity index is 4.29. The summed E-state index contributed by atoms with van der Waals surface area (Å²) >= 11 is 0. The summed E-state index contributed by atoms with van der Waals surface area (Å²) < 4.78 is 16.9. The summed E-state index contributed by atoms with van der Waals surface area (Å²) in [6.07, 6.45) is 71.1. The van der Waals surface area contributed by atoms with E-state index in [2.05, 4.69) is 69.4 Å². The number of hydrogen-bond donors (Lipinski definition) is 0. The van der Waals surface area contributed by atoms with Crippen molar-refractivity contribution in [2.45, 2.75) is 322 Å². The lowest BCUT2D eigenvalue weighted by molar-refractivity contribution is -0.167. The van der Waals surface area contributed by atoms with Gasteiger partial charge < -0.3 is 14.2 Å². The van der Waals surface area contributed by atoms with Crippen molar-refractivity contribution in [1.82, 2.24) is 0 Å². The fourth-order valence-electron chi connectivity index (χ4n) is 8.70. The first kappa shape index (κ1) is 66.4. The van der Waals surface area contributed by atoms with E-state index in [0.29, 0.717) is 19.3 Å². The van der Waals surface area contributed by atoms with Crippen molar-refractivity contribution in [3.63, 3.8) is 0 Å². The molecule has 1 atom stereocenters. The highest BCUT2D eigenvalue weighted by Crippen LogP contribution is 2.16. The Kier molecular flexibility index (Phi) is 55.7. The molecule has 69 heavy (non-hydrogen) atoms. The lowest BCUT2D eigenvalue weighted by atomic mass is 10.0. The van der Waals surface area contributed by atoms with E-state index in [9.17, 15) is 14.4 Å². The molecule has 0 saturated carbocycles. The van der Waals surface area contributed by atoms with Gasteiger partial charge in [0.05, 0.1) is 0 Å². The fraction of sp³-hybridized carbons (Fsp3) is 0.825. The zero-order chi connectivity index (χ0) is 50.0. The number of unbranched alkanes of at least 4 members (excludes halogenated alkanes) is 36. The van der Waals surface area contributed by atoms with E-state index in [0.717, 1.165) is 89.9 Å². The molecular formula is C63H114O6. The van der Waals surface area contributed by atoms with Crippen LogP contribution < -0.4 is 0 Å². The van der Waals surface area contributed by atoms with Crippen LogP contribution in [0.15, 0.2) is 48.6 Å². The normalized spacial score (nSPS) is 12.3. The Labute approximate surface area is 428 Å². The Morgan fingerprint density at radius 3 is 0.855 bits per heavy atom. The summed E-state index contributed by atoms with van der Waals surface area (Å²) in [7, 11) is 0. The molecule has 0 saturated heterocycles. The van der Waals surface area contributed by atoms with Crippen LogP contribution in [0.2, 0.25) is 0 Å². The van der Waals surface area contributed by atoms with Gasteiger partial charge in [-0.15, -0.1) is 0 Å². The van der Waals surface area contributed by atoms with Crippen molar-refractivity contribution in [3.05, 3.63) is 48.6 Å². The Morgan fingerprint density at radius 2 is 0.522 bits per heavy atom. The molecule has 0 spiro atoms. The van der Waals surface area contributed by atoms with E-state index >= 15 is 0 Å². The summed E-state index contributed by atoms with van der Waals surface area (Å²) in [6.45, 7) is 6.61. The molecule has 402 valence electrons. The Hall–Kier alpha value is -2.63. The Morgan fingerprint density at radius 1 is 0.290 bits per heavy atom. The third-order valence-corrected chi connectivity index (χ3v) is 13.3. The van der Waals surface area contributed by atoms with Crippen molar-refractivity contribution in [3.8, 4) is 0 Å². The molecular weight excluding hydrogens is 853 g/mol.